The van der Waals surface area contributed by atoms with Crippen molar-refractivity contribution < 1.29 is 13.9 Å². The Bertz CT molecular complexity index is 461. The maximum atomic E-state index is 14.5. The van der Waals surface area contributed by atoms with Gasteiger partial charge in [0, 0.05) is 39.1 Å². The van der Waals surface area contributed by atoms with E-state index in [0.717, 1.165) is 39.1 Å². The third-order valence-electron chi connectivity index (χ3n) is 3.84. The van der Waals surface area contributed by atoms with Gasteiger partial charge in [-0.05, 0) is 18.1 Å². The third-order valence-corrected chi connectivity index (χ3v) is 3.84. The standard InChI is InChI=1S/C15H21FN2O2/c16-14-12(4-7-18-8-5-17-6-9-18)2-3-13-15(14)20-11-1-10-19-13/h2-3,17H,1,4-11H2. The number of benzene rings is 1. The second-order valence-electron chi connectivity index (χ2n) is 5.26. The highest BCUT2D eigenvalue weighted by Gasteiger charge is 2.19. The smallest absolute Gasteiger partial charge is 0.197 e. The molecular formula is C15H21FN2O2. The number of nitrogens with zero attached hydrogens (tertiary/aromatic N) is 1. The zero-order valence-corrected chi connectivity index (χ0v) is 11.7. The Morgan fingerprint density at radius 3 is 2.80 bits per heavy atom. The molecule has 0 atom stereocenters. The molecule has 1 aromatic rings. The Kier molecular flexibility index (Phi) is 4.38. The van der Waals surface area contributed by atoms with Crippen LogP contribution in [0.2, 0.25) is 0 Å². The van der Waals surface area contributed by atoms with Crippen LogP contribution in [-0.4, -0.2) is 50.8 Å². The molecule has 0 spiro atoms. The van der Waals surface area contributed by atoms with Gasteiger partial charge >= 0.3 is 0 Å². The highest BCUT2D eigenvalue weighted by atomic mass is 19.1. The van der Waals surface area contributed by atoms with E-state index in [2.05, 4.69) is 10.2 Å². The Morgan fingerprint density at radius 2 is 1.95 bits per heavy atom. The van der Waals surface area contributed by atoms with Gasteiger partial charge < -0.3 is 19.7 Å². The van der Waals surface area contributed by atoms with Gasteiger partial charge in [0.15, 0.2) is 17.3 Å². The molecular weight excluding hydrogens is 259 g/mol. The minimum atomic E-state index is -0.250. The molecule has 2 aliphatic rings. The van der Waals surface area contributed by atoms with Crippen LogP contribution in [-0.2, 0) is 6.42 Å². The van der Waals surface area contributed by atoms with Gasteiger partial charge in [-0.15, -0.1) is 0 Å². The van der Waals surface area contributed by atoms with Gasteiger partial charge in [0.25, 0.3) is 0 Å². The average Bonchev–Trinajstić information content (AvgIpc) is 2.74. The molecule has 2 aliphatic heterocycles. The summed E-state index contributed by atoms with van der Waals surface area (Å²) in [6, 6.07) is 3.65. The van der Waals surface area contributed by atoms with Crippen molar-refractivity contribution in [2.45, 2.75) is 12.8 Å². The van der Waals surface area contributed by atoms with E-state index in [1.807, 2.05) is 12.1 Å². The van der Waals surface area contributed by atoms with Crippen LogP contribution < -0.4 is 14.8 Å². The minimum Gasteiger partial charge on any atom is -0.489 e. The van der Waals surface area contributed by atoms with Crippen molar-refractivity contribution in [3.63, 3.8) is 0 Å². The minimum absolute atomic E-state index is 0.250. The van der Waals surface area contributed by atoms with Crippen LogP contribution in [0.4, 0.5) is 4.39 Å². The molecule has 110 valence electrons. The molecule has 5 heteroatoms. The van der Waals surface area contributed by atoms with E-state index in [0.29, 0.717) is 36.7 Å². The number of nitrogens with one attached hydrogen (secondary N) is 1. The molecule has 1 aromatic carbocycles. The topological polar surface area (TPSA) is 33.7 Å². The van der Waals surface area contributed by atoms with Crippen molar-refractivity contribution in [3.8, 4) is 11.5 Å². The predicted octanol–water partition coefficient (Wildman–Crippen LogP) is 1.43. The molecule has 0 unspecified atom stereocenters. The van der Waals surface area contributed by atoms with Crippen molar-refractivity contribution >= 4 is 0 Å². The van der Waals surface area contributed by atoms with Crippen LogP contribution in [0.25, 0.3) is 0 Å². The van der Waals surface area contributed by atoms with Crippen LogP contribution in [0.5, 0.6) is 11.5 Å². The first-order valence-corrected chi connectivity index (χ1v) is 7.34. The Morgan fingerprint density at radius 1 is 1.15 bits per heavy atom. The molecule has 0 aliphatic carbocycles. The fraction of sp³-hybridized carbons (Fsp3) is 0.600. The van der Waals surface area contributed by atoms with Crippen LogP contribution in [0, 0.1) is 5.82 Å². The zero-order chi connectivity index (χ0) is 13.8. The van der Waals surface area contributed by atoms with E-state index in [1.165, 1.54) is 0 Å². The number of fused-ring (bicyclic) bond motifs is 1. The van der Waals surface area contributed by atoms with Crippen LogP contribution in [0.15, 0.2) is 12.1 Å². The normalized spacial score (nSPS) is 19.6. The maximum absolute atomic E-state index is 14.5. The third kappa shape index (κ3) is 3.04. The Labute approximate surface area is 118 Å². The van der Waals surface area contributed by atoms with Gasteiger partial charge in [-0.3, -0.25) is 0 Å². The van der Waals surface area contributed by atoms with Gasteiger partial charge in [0.05, 0.1) is 13.2 Å². The molecule has 20 heavy (non-hydrogen) atoms. The van der Waals surface area contributed by atoms with Gasteiger partial charge in [0.1, 0.15) is 0 Å². The number of rotatable bonds is 3. The first-order valence-electron chi connectivity index (χ1n) is 7.34. The second kappa shape index (κ2) is 6.41. The van der Waals surface area contributed by atoms with E-state index in [1.54, 1.807) is 0 Å². The molecule has 0 aromatic heterocycles. The first-order chi connectivity index (χ1) is 9.84. The summed E-state index contributed by atoms with van der Waals surface area (Å²) < 4.78 is 25.4. The summed E-state index contributed by atoms with van der Waals surface area (Å²) in [7, 11) is 0. The van der Waals surface area contributed by atoms with Gasteiger partial charge in [-0.2, -0.15) is 0 Å². The van der Waals surface area contributed by atoms with E-state index in [9.17, 15) is 4.39 Å². The predicted molar refractivity (Wildman–Crippen MR) is 75.0 cm³/mol. The van der Waals surface area contributed by atoms with Crippen molar-refractivity contribution in [2.24, 2.45) is 0 Å². The van der Waals surface area contributed by atoms with Crippen LogP contribution in [0.1, 0.15) is 12.0 Å². The molecule has 2 heterocycles. The fourth-order valence-electron chi connectivity index (χ4n) is 2.65. The maximum Gasteiger partial charge on any atom is 0.197 e. The summed E-state index contributed by atoms with van der Waals surface area (Å²) in [5.74, 6) is 0.575. The molecule has 1 saturated heterocycles. The van der Waals surface area contributed by atoms with Crippen molar-refractivity contribution in [3.05, 3.63) is 23.5 Å². The van der Waals surface area contributed by atoms with E-state index < -0.39 is 0 Å². The fourth-order valence-corrected chi connectivity index (χ4v) is 2.65. The molecule has 1 fully saturated rings. The largest absolute Gasteiger partial charge is 0.489 e. The summed E-state index contributed by atoms with van der Waals surface area (Å²) in [5.41, 5.74) is 0.716. The second-order valence-corrected chi connectivity index (χ2v) is 5.26. The molecule has 3 rings (SSSR count). The van der Waals surface area contributed by atoms with Crippen LogP contribution >= 0.6 is 0 Å². The Balaban J connectivity index is 1.68. The quantitative estimate of drug-likeness (QED) is 0.908. The number of piperazine rings is 1. The van der Waals surface area contributed by atoms with E-state index in [-0.39, 0.29) is 5.82 Å². The van der Waals surface area contributed by atoms with Gasteiger partial charge in [-0.1, -0.05) is 6.07 Å². The average molecular weight is 280 g/mol. The lowest BCUT2D eigenvalue weighted by molar-refractivity contribution is 0.242. The SMILES string of the molecule is Fc1c(CCN2CCNCC2)ccc2c1OCCCO2. The lowest BCUT2D eigenvalue weighted by Crippen LogP contribution is -2.44. The number of hydrogen-bond donors (Lipinski definition) is 1. The zero-order valence-electron chi connectivity index (χ0n) is 11.7. The summed E-state index contributed by atoms with van der Waals surface area (Å²) >= 11 is 0. The summed E-state index contributed by atoms with van der Waals surface area (Å²) in [6.07, 6.45) is 1.51. The first kappa shape index (κ1) is 13.6. The number of ether oxygens (including phenoxy) is 2. The highest BCUT2D eigenvalue weighted by Crippen LogP contribution is 2.34. The Hall–Kier alpha value is -1.33. The summed E-state index contributed by atoms with van der Waals surface area (Å²) in [5, 5.41) is 3.32. The van der Waals surface area contributed by atoms with Crippen molar-refractivity contribution in [1.29, 1.82) is 0 Å². The molecule has 4 nitrogen and oxygen atoms in total. The van der Waals surface area contributed by atoms with E-state index >= 15 is 0 Å². The monoisotopic (exact) mass is 280 g/mol. The molecule has 1 N–H and O–H groups in total. The van der Waals surface area contributed by atoms with Crippen LogP contribution in [0.3, 0.4) is 0 Å². The summed E-state index contributed by atoms with van der Waals surface area (Å²) in [4.78, 5) is 2.36. The summed E-state index contributed by atoms with van der Waals surface area (Å²) in [6.45, 7) is 6.10. The lowest BCUT2D eigenvalue weighted by atomic mass is 10.1. The molecule has 0 radical (unpaired) electrons. The van der Waals surface area contributed by atoms with E-state index in [4.69, 9.17) is 9.47 Å². The molecule has 0 saturated carbocycles. The lowest BCUT2D eigenvalue weighted by Gasteiger charge is -2.27. The van der Waals surface area contributed by atoms with Gasteiger partial charge in [-0.25, -0.2) is 4.39 Å². The van der Waals surface area contributed by atoms with Gasteiger partial charge in [0.2, 0.25) is 0 Å². The molecule has 0 amide bonds. The molecule has 0 bridgehead atoms. The number of hydrogen-bond acceptors (Lipinski definition) is 4. The number of halogens is 1. The highest BCUT2D eigenvalue weighted by molar-refractivity contribution is 5.45. The van der Waals surface area contributed by atoms with Crippen molar-refractivity contribution in [1.82, 2.24) is 10.2 Å². The van der Waals surface area contributed by atoms with Crippen molar-refractivity contribution in [2.75, 3.05) is 45.9 Å².